The topological polar surface area (TPSA) is 57.6 Å². The zero-order valence-electron chi connectivity index (χ0n) is 12.2. The molecule has 0 heterocycles. The van der Waals surface area contributed by atoms with Gasteiger partial charge in [0.25, 0.3) is 0 Å². The largest absolute Gasteiger partial charge is 0.479 e. The van der Waals surface area contributed by atoms with E-state index in [1.165, 1.54) is 0 Å². The highest BCUT2D eigenvalue weighted by atomic mass is 16.4. The fraction of sp³-hybridized carbons (Fsp3) is 0.867. The monoisotopic (exact) mass is 267 g/mol. The number of rotatable bonds is 4. The van der Waals surface area contributed by atoms with Crippen molar-refractivity contribution in [3.63, 3.8) is 0 Å². The Hall–Kier alpha value is -1.06. The van der Waals surface area contributed by atoms with Gasteiger partial charge in [-0.3, -0.25) is 4.79 Å². The van der Waals surface area contributed by atoms with E-state index in [4.69, 9.17) is 0 Å². The fourth-order valence-electron chi connectivity index (χ4n) is 3.46. The molecule has 108 valence electrons. The summed E-state index contributed by atoms with van der Waals surface area (Å²) < 4.78 is 0. The Balaban J connectivity index is 2.14. The predicted octanol–water partition coefficient (Wildman–Crippen LogP) is 2.67. The quantitative estimate of drug-likeness (QED) is 0.852. The van der Waals surface area contributed by atoms with Gasteiger partial charge >= 0.3 is 5.97 Å². The van der Waals surface area contributed by atoms with Gasteiger partial charge in [0.1, 0.15) is 5.54 Å². The summed E-state index contributed by atoms with van der Waals surface area (Å²) in [6.45, 7) is 4.22. The number of carboxylic acid groups (broad SMARTS) is 1. The molecular weight excluding hydrogens is 242 g/mol. The van der Waals surface area contributed by atoms with Crippen LogP contribution in [0.2, 0.25) is 0 Å². The molecule has 1 N–H and O–H groups in total. The second-order valence-corrected chi connectivity index (χ2v) is 6.56. The van der Waals surface area contributed by atoms with Crippen molar-refractivity contribution in [1.82, 2.24) is 4.90 Å². The molecule has 0 bridgehead atoms. The maximum Gasteiger partial charge on any atom is 0.329 e. The second kappa shape index (κ2) is 4.80. The molecule has 2 atom stereocenters. The van der Waals surface area contributed by atoms with Gasteiger partial charge in [0.05, 0.1) is 0 Å². The maximum atomic E-state index is 12.6. The molecule has 0 aliphatic heterocycles. The average Bonchev–Trinajstić information content (AvgIpc) is 3.10. The number of nitrogens with zero attached hydrogens (tertiary/aromatic N) is 1. The van der Waals surface area contributed by atoms with E-state index < -0.39 is 11.5 Å². The molecule has 19 heavy (non-hydrogen) atoms. The summed E-state index contributed by atoms with van der Waals surface area (Å²) in [4.78, 5) is 25.8. The van der Waals surface area contributed by atoms with Gasteiger partial charge in [0.15, 0.2) is 0 Å². The van der Waals surface area contributed by atoms with Crippen LogP contribution < -0.4 is 0 Å². The summed E-state index contributed by atoms with van der Waals surface area (Å²) in [7, 11) is 1.69. The summed E-state index contributed by atoms with van der Waals surface area (Å²) >= 11 is 0. The Labute approximate surface area is 115 Å². The van der Waals surface area contributed by atoms with Crippen molar-refractivity contribution in [2.24, 2.45) is 11.3 Å². The summed E-state index contributed by atoms with van der Waals surface area (Å²) in [5.41, 5.74) is -0.855. The van der Waals surface area contributed by atoms with Crippen LogP contribution in [0, 0.1) is 11.3 Å². The molecule has 1 amide bonds. The molecule has 0 radical (unpaired) electrons. The van der Waals surface area contributed by atoms with Crippen molar-refractivity contribution in [1.29, 1.82) is 0 Å². The molecule has 2 unspecified atom stereocenters. The van der Waals surface area contributed by atoms with Crippen LogP contribution in [0.15, 0.2) is 0 Å². The van der Waals surface area contributed by atoms with Gasteiger partial charge in [0.2, 0.25) is 5.91 Å². The third-order valence-electron chi connectivity index (χ3n) is 5.51. The van der Waals surface area contributed by atoms with E-state index in [9.17, 15) is 14.7 Å². The van der Waals surface area contributed by atoms with Gasteiger partial charge in [-0.15, -0.1) is 0 Å². The number of amides is 1. The van der Waals surface area contributed by atoms with Crippen molar-refractivity contribution >= 4 is 11.9 Å². The maximum absolute atomic E-state index is 12.6. The molecular formula is C15H25NO3. The van der Waals surface area contributed by atoms with Gasteiger partial charge in [-0.2, -0.15) is 0 Å². The molecule has 2 aliphatic carbocycles. The van der Waals surface area contributed by atoms with Crippen LogP contribution in [-0.4, -0.2) is 34.5 Å². The number of carbonyl (C=O) groups is 2. The van der Waals surface area contributed by atoms with Crippen molar-refractivity contribution in [2.75, 3.05) is 7.05 Å². The minimum atomic E-state index is -0.952. The van der Waals surface area contributed by atoms with Gasteiger partial charge in [-0.1, -0.05) is 33.1 Å². The van der Waals surface area contributed by atoms with E-state index in [2.05, 4.69) is 13.8 Å². The Bertz CT molecular complexity index is 387. The molecule has 4 heteroatoms. The van der Waals surface area contributed by atoms with Gasteiger partial charge in [0, 0.05) is 13.0 Å². The Kier molecular flexibility index (Phi) is 3.63. The number of aliphatic carboxylic acids is 1. The fourth-order valence-corrected chi connectivity index (χ4v) is 3.46. The molecule has 2 aliphatic rings. The molecule has 0 spiro atoms. The van der Waals surface area contributed by atoms with Crippen LogP contribution >= 0.6 is 0 Å². The molecule has 0 aromatic rings. The van der Waals surface area contributed by atoms with Crippen molar-refractivity contribution in [3.05, 3.63) is 0 Å². The Morgan fingerprint density at radius 1 is 1.26 bits per heavy atom. The van der Waals surface area contributed by atoms with Gasteiger partial charge < -0.3 is 10.0 Å². The van der Waals surface area contributed by atoms with E-state index in [0.29, 0.717) is 12.8 Å². The first-order valence-corrected chi connectivity index (χ1v) is 7.38. The lowest BCUT2D eigenvalue weighted by Gasteiger charge is -2.41. The summed E-state index contributed by atoms with van der Waals surface area (Å²) in [5, 5.41) is 9.60. The number of hydrogen-bond donors (Lipinski definition) is 1. The normalized spacial score (nSPS) is 32.7. The van der Waals surface area contributed by atoms with Crippen LogP contribution in [0.3, 0.4) is 0 Å². The summed E-state index contributed by atoms with van der Waals surface area (Å²) in [6.07, 6.45) is 5.96. The van der Waals surface area contributed by atoms with E-state index in [1.54, 1.807) is 11.9 Å². The third kappa shape index (κ3) is 2.26. The molecule has 0 saturated heterocycles. The lowest BCUT2D eigenvalue weighted by Crippen LogP contribution is -2.57. The molecule has 2 fully saturated rings. The van der Waals surface area contributed by atoms with Crippen molar-refractivity contribution < 1.29 is 14.7 Å². The highest BCUT2D eigenvalue weighted by molar-refractivity contribution is 5.89. The number of carbonyl (C=O) groups excluding carboxylic acids is 1. The van der Waals surface area contributed by atoms with Crippen LogP contribution in [0.4, 0.5) is 0 Å². The lowest BCUT2D eigenvalue weighted by molar-refractivity contribution is -0.161. The number of likely N-dealkylation sites (N-methyl/N-ethyl adjacent to an activating group) is 1. The van der Waals surface area contributed by atoms with E-state index >= 15 is 0 Å². The standard InChI is InChI=1S/C15H25NO3/c1-4-14(2)10-11(14)12(17)16(3)15(13(18)19)8-6-5-7-9-15/h11H,4-10H2,1-3H3,(H,18,19). The van der Waals surface area contributed by atoms with E-state index in [0.717, 1.165) is 32.1 Å². The number of hydrogen-bond acceptors (Lipinski definition) is 2. The second-order valence-electron chi connectivity index (χ2n) is 6.56. The summed E-state index contributed by atoms with van der Waals surface area (Å²) in [5.74, 6) is -0.767. The highest BCUT2D eigenvalue weighted by Crippen LogP contribution is 2.56. The van der Waals surface area contributed by atoms with Crippen LogP contribution in [0.25, 0.3) is 0 Å². The minimum Gasteiger partial charge on any atom is -0.479 e. The summed E-state index contributed by atoms with van der Waals surface area (Å²) in [6, 6.07) is 0. The molecule has 0 aromatic carbocycles. The van der Waals surface area contributed by atoms with Crippen LogP contribution in [-0.2, 0) is 9.59 Å². The smallest absolute Gasteiger partial charge is 0.329 e. The lowest BCUT2D eigenvalue weighted by atomic mass is 9.80. The minimum absolute atomic E-state index is 0.0284. The first-order chi connectivity index (χ1) is 8.87. The van der Waals surface area contributed by atoms with Crippen LogP contribution in [0.1, 0.15) is 58.8 Å². The van der Waals surface area contributed by atoms with E-state index in [1.807, 2.05) is 0 Å². The number of carboxylic acids is 1. The molecule has 2 saturated carbocycles. The zero-order chi connectivity index (χ0) is 14.3. The zero-order valence-corrected chi connectivity index (χ0v) is 12.2. The SMILES string of the molecule is CCC1(C)CC1C(=O)N(C)C1(C(=O)O)CCCCC1. The van der Waals surface area contributed by atoms with Crippen molar-refractivity contribution in [2.45, 2.75) is 64.3 Å². The molecule has 4 nitrogen and oxygen atoms in total. The Morgan fingerprint density at radius 3 is 2.26 bits per heavy atom. The van der Waals surface area contributed by atoms with Crippen molar-refractivity contribution in [3.8, 4) is 0 Å². The average molecular weight is 267 g/mol. The predicted molar refractivity (Wildman–Crippen MR) is 72.7 cm³/mol. The molecule has 0 aromatic heterocycles. The first kappa shape index (κ1) is 14.4. The van der Waals surface area contributed by atoms with Gasteiger partial charge in [-0.05, 0) is 31.1 Å². The van der Waals surface area contributed by atoms with Gasteiger partial charge in [-0.25, -0.2) is 4.79 Å². The Morgan fingerprint density at radius 2 is 1.84 bits per heavy atom. The highest BCUT2D eigenvalue weighted by Gasteiger charge is 2.57. The first-order valence-electron chi connectivity index (χ1n) is 7.38. The third-order valence-corrected chi connectivity index (χ3v) is 5.51. The van der Waals surface area contributed by atoms with Crippen LogP contribution in [0.5, 0.6) is 0 Å². The van der Waals surface area contributed by atoms with E-state index in [-0.39, 0.29) is 17.2 Å². The molecule has 2 rings (SSSR count).